The Kier molecular flexibility index (Phi) is 3.93. The van der Waals surface area contributed by atoms with Crippen molar-refractivity contribution in [2.24, 2.45) is 5.92 Å². The molecule has 1 aromatic carbocycles. The maximum atomic E-state index is 14.3. The minimum Gasteiger partial charge on any atom is -0.506 e. The molecular weight excluding hydrogens is 325 g/mol. The van der Waals surface area contributed by atoms with Gasteiger partial charge in [-0.05, 0) is 30.0 Å². The van der Waals surface area contributed by atoms with Crippen molar-refractivity contribution in [2.75, 3.05) is 30.5 Å². The maximum Gasteiger partial charge on any atom is 0.326 e. The molecule has 0 radical (unpaired) electrons. The molecule has 2 aliphatic heterocycles. The Morgan fingerprint density at radius 3 is 2.61 bits per heavy atom. The van der Waals surface area contributed by atoms with Gasteiger partial charge in [0.2, 0.25) is 0 Å². The number of nitrogens with zero attached hydrogens (tertiary/aromatic N) is 2. The van der Waals surface area contributed by atoms with E-state index in [9.17, 15) is 22.7 Å². The molecule has 0 aliphatic carbocycles. The van der Waals surface area contributed by atoms with Crippen molar-refractivity contribution in [3.05, 3.63) is 23.5 Å². The molecule has 2 N–H and O–H groups in total. The predicted octanol–water partition coefficient (Wildman–Crippen LogP) is 0.206. The average molecular weight is 343 g/mol. The fourth-order valence-electron chi connectivity index (χ4n) is 2.97. The average Bonchev–Trinajstić information content (AvgIpc) is 2.66. The summed E-state index contributed by atoms with van der Waals surface area (Å²) in [6.07, 6.45) is 0.557. The summed E-state index contributed by atoms with van der Waals surface area (Å²) in [4.78, 5) is 13.5. The topological polar surface area (TPSA) is 89.9 Å². The van der Waals surface area contributed by atoms with Gasteiger partial charge in [-0.2, -0.15) is 8.42 Å². The molecule has 2 heterocycles. The first-order valence-electron chi connectivity index (χ1n) is 7.33. The third kappa shape index (κ3) is 3.11. The molecule has 2 fully saturated rings. The lowest BCUT2D eigenvalue weighted by Crippen LogP contribution is -2.45. The van der Waals surface area contributed by atoms with Crippen LogP contribution in [0.4, 0.5) is 10.1 Å². The van der Waals surface area contributed by atoms with E-state index in [1.165, 1.54) is 12.1 Å². The van der Waals surface area contributed by atoms with Crippen molar-refractivity contribution in [3.63, 3.8) is 0 Å². The zero-order chi connectivity index (χ0) is 16.8. The SMILES string of the molecule is CC1CN(CCc2cc(O)c(N3CC(=O)NS3(=O)=O)c(F)c2)C1. The van der Waals surface area contributed by atoms with Gasteiger partial charge < -0.3 is 10.0 Å². The summed E-state index contributed by atoms with van der Waals surface area (Å²) in [7, 11) is -4.15. The van der Waals surface area contributed by atoms with E-state index in [1.54, 1.807) is 4.72 Å². The number of hydrogen-bond acceptors (Lipinski definition) is 5. The van der Waals surface area contributed by atoms with E-state index < -0.39 is 39.9 Å². The standard InChI is InChI=1S/C14H18FN3O4S/c1-9-6-17(7-9)3-2-10-4-11(15)14(12(19)5-10)18-8-13(20)16-23(18,21)22/h4-5,9,19H,2-3,6-8H2,1H3,(H,16,20). The van der Waals surface area contributed by atoms with Crippen molar-refractivity contribution >= 4 is 21.8 Å². The molecule has 3 rings (SSSR count). The summed E-state index contributed by atoms with van der Waals surface area (Å²) in [6, 6.07) is 2.55. The highest BCUT2D eigenvalue weighted by Gasteiger charge is 2.37. The molecule has 0 aromatic heterocycles. The van der Waals surface area contributed by atoms with Crippen molar-refractivity contribution in [1.29, 1.82) is 0 Å². The highest BCUT2D eigenvalue weighted by Crippen LogP contribution is 2.34. The molecule has 0 saturated carbocycles. The molecule has 1 aromatic rings. The number of hydrogen-bond donors (Lipinski definition) is 2. The predicted molar refractivity (Wildman–Crippen MR) is 81.8 cm³/mol. The number of carbonyl (C=O) groups is 1. The van der Waals surface area contributed by atoms with Gasteiger partial charge in [-0.3, -0.25) is 4.79 Å². The third-order valence-corrected chi connectivity index (χ3v) is 5.41. The number of halogens is 1. The van der Waals surface area contributed by atoms with Gasteiger partial charge in [0.1, 0.15) is 18.0 Å². The van der Waals surface area contributed by atoms with Gasteiger partial charge in [0.25, 0.3) is 5.91 Å². The normalized spacial score (nSPS) is 21.3. The number of aromatic hydroxyl groups is 1. The summed E-state index contributed by atoms with van der Waals surface area (Å²) in [5.74, 6) is -1.44. The van der Waals surface area contributed by atoms with Crippen molar-refractivity contribution in [2.45, 2.75) is 13.3 Å². The Morgan fingerprint density at radius 1 is 1.39 bits per heavy atom. The molecule has 1 amide bonds. The highest BCUT2D eigenvalue weighted by molar-refractivity contribution is 7.92. The third-order valence-electron chi connectivity index (χ3n) is 4.03. The minimum atomic E-state index is -4.15. The number of nitrogens with one attached hydrogen (secondary N) is 1. The summed E-state index contributed by atoms with van der Waals surface area (Å²) >= 11 is 0. The van der Waals surface area contributed by atoms with Crippen LogP contribution in [0.15, 0.2) is 12.1 Å². The second-order valence-electron chi connectivity index (χ2n) is 6.10. The Bertz CT molecular complexity index is 723. The zero-order valence-electron chi connectivity index (χ0n) is 12.6. The van der Waals surface area contributed by atoms with Crippen LogP contribution in [0.5, 0.6) is 5.75 Å². The quantitative estimate of drug-likeness (QED) is 0.816. The highest BCUT2D eigenvalue weighted by atomic mass is 32.2. The maximum absolute atomic E-state index is 14.3. The van der Waals surface area contributed by atoms with E-state index in [0.29, 0.717) is 22.2 Å². The summed E-state index contributed by atoms with van der Waals surface area (Å²) in [5, 5.41) is 10.0. The monoisotopic (exact) mass is 343 g/mol. The fraction of sp³-hybridized carbons (Fsp3) is 0.500. The molecule has 126 valence electrons. The molecule has 2 aliphatic rings. The molecule has 0 atom stereocenters. The van der Waals surface area contributed by atoms with Crippen LogP contribution in [0.3, 0.4) is 0 Å². The first-order chi connectivity index (χ1) is 10.8. The molecule has 7 nitrogen and oxygen atoms in total. The van der Waals surface area contributed by atoms with E-state index >= 15 is 0 Å². The van der Waals surface area contributed by atoms with E-state index in [4.69, 9.17) is 0 Å². The molecule has 23 heavy (non-hydrogen) atoms. The number of likely N-dealkylation sites (tertiary alicyclic amines) is 1. The lowest BCUT2D eigenvalue weighted by Gasteiger charge is -2.37. The molecule has 0 unspecified atom stereocenters. The first-order valence-corrected chi connectivity index (χ1v) is 8.77. The Hall–Kier alpha value is -1.87. The van der Waals surface area contributed by atoms with Gasteiger partial charge in [0, 0.05) is 19.6 Å². The van der Waals surface area contributed by atoms with Crippen molar-refractivity contribution < 1.29 is 22.7 Å². The van der Waals surface area contributed by atoms with Gasteiger partial charge >= 0.3 is 10.2 Å². The number of rotatable bonds is 4. The van der Waals surface area contributed by atoms with E-state index in [2.05, 4.69) is 11.8 Å². The van der Waals surface area contributed by atoms with Gasteiger partial charge in [-0.1, -0.05) is 6.92 Å². The molecular formula is C14H18FN3O4S. The van der Waals surface area contributed by atoms with Crippen LogP contribution in [0, 0.1) is 11.7 Å². The second-order valence-corrected chi connectivity index (χ2v) is 7.69. The number of amides is 1. The number of benzene rings is 1. The molecule has 0 spiro atoms. The molecule has 0 bridgehead atoms. The first kappa shape index (κ1) is 16.0. The number of phenols is 1. The molecule has 2 saturated heterocycles. The van der Waals surface area contributed by atoms with Gasteiger partial charge in [-0.15, -0.1) is 0 Å². The van der Waals surface area contributed by atoms with Crippen LogP contribution < -0.4 is 9.03 Å². The van der Waals surface area contributed by atoms with Gasteiger partial charge in [0.05, 0.1) is 0 Å². The summed E-state index contributed by atoms with van der Waals surface area (Å²) in [5.41, 5.74) is 0.0869. The lowest BCUT2D eigenvalue weighted by atomic mass is 10.0. The van der Waals surface area contributed by atoms with Crippen LogP contribution in [0.25, 0.3) is 0 Å². The smallest absolute Gasteiger partial charge is 0.326 e. The second kappa shape index (κ2) is 5.64. The largest absolute Gasteiger partial charge is 0.506 e. The number of anilines is 1. The minimum absolute atomic E-state index is 0.489. The van der Waals surface area contributed by atoms with Crippen LogP contribution in [-0.4, -0.2) is 50.5 Å². The van der Waals surface area contributed by atoms with Crippen molar-refractivity contribution in [1.82, 2.24) is 9.62 Å². The van der Waals surface area contributed by atoms with E-state index in [1.807, 2.05) is 0 Å². The van der Waals surface area contributed by atoms with Crippen LogP contribution in [0.2, 0.25) is 0 Å². The zero-order valence-corrected chi connectivity index (χ0v) is 13.4. The Morgan fingerprint density at radius 2 is 2.09 bits per heavy atom. The summed E-state index contributed by atoms with van der Waals surface area (Å²) < 4.78 is 40.1. The van der Waals surface area contributed by atoms with Crippen molar-refractivity contribution in [3.8, 4) is 5.75 Å². The number of phenolic OH excluding ortho intramolecular Hbond substituents is 1. The van der Waals surface area contributed by atoms with Gasteiger partial charge in [0.15, 0.2) is 5.82 Å². The molecule has 9 heteroatoms. The van der Waals surface area contributed by atoms with E-state index in [0.717, 1.165) is 19.6 Å². The fourth-order valence-corrected chi connectivity index (χ4v) is 4.14. The van der Waals surface area contributed by atoms with Crippen LogP contribution in [-0.2, 0) is 21.4 Å². The van der Waals surface area contributed by atoms with E-state index in [-0.39, 0.29) is 0 Å². The van der Waals surface area contributed by atoms with Crippen LogP contribution >= 0.6 is 0 Å². The van der Waals surface area contributed by atoms with Crippen LogP contribution in [0.1, 0.15) is 12.5 Å². The number of carbonyl (C=O) groups excluding carboxylic acids is 1. The summed E-state index contributed by atoms with van der Waals surface area (Å²) in [6.45, 7) is 4.38. The van der Waals surface area contributed by atoms with Gasteiger partial charge in [-0.25, -0.2) is 13.4 Å². The lowest BCUT2D eigenvalue weighted by molar-refractivity contribution is -0.117. The Balaban J connectivity index is 1.79. The Labute approximate surface area is 133 Å².